The molecule has 1 aliphatic rings. The molecule has 4 rings (SSSR count). The van der Waals surface area contributed by atoms with Crippen LogP contribution in [0.1, 0.15) is 11.3 Å². The van der Waals surface area contributed by atoms with Gasteiger partial charge in [0, 0.05) is 61.6 Å². The zero-order chi connectivity index (χ0) is 19.2. The number of fused-ring (bicyclic) bond motifs is 1. The van der Waals surface area contributed by atoms with Gasteiger partial charge in [0.2, 0.25) is 5.95 Å². The molecule has 3 aromatic rings. The maximum absolute atomic E-state index is 5.39. The zero-order valence-corrected chi connectivity index (χ0v) is 16.4. The first-order chi connectivity index (χ1) is 13.8. The van der Waals surface area contributed by atoms with E-state index in [1.165, 1.54) is 16.5 Å². The molecule has 3 N–H and O–H groups in total. The van der Waals surface area contributed by atoms with Crippen LogP contribution in [0.3, 0.4) is 0 Å². The maximum atomic E-state index is 5.39. The van der Waals surface area contributed by atoms with Gasteiger partial charge in [0.1, 0.15) is 5.82 Å². The predicted molar refractivity (Wildman–Crippen MR) is 113 cm³/mol. The molecule has 0 aliphatic carbocycles. The van der Waals surface area contributed by atoms with Crippen molar-refractivity contribution >= 4 is 22.7 Å². The molecule has 0 saturated carbocycles. The van der Waals surface area contributed by atoms with E-state index >= 15 is 0 Å². The van der Waals surface area contributed by atoms with E-state index in [4.69, 9.17) is 4.74 Å². The molecule has 3 heterocycles. The smallest absolute Gasteiger partial charge is 0.224 e. The topological polar surface area (TPSA) is 78.1 Å². The quantitative estimate of drug-likeness (QED) is 0.558. The van der Waals surface area contributed by atoms with Crippen molar-refractivity contribution in [3.05, 3.63) is 47.8 Å². The highest BCUT2D eigenvalue weighted by Crippen LogP contribution is 2.18. The molecular weight excluding hydrogens is 352 g/mol. The van der Waals surface area contributed by atoms with E-state index in [9.17, 15) is 0 Å². The SMILES string of the molecule is Cc1cc(NCCN2CCOCC2)nc(NCCc2c[nH]c3ccccc23)n1. The van der Waals surface area contributed by atoms with Gasteiger partial charge in [-0.1, -0.05) is 18.2 Å². The summed E-state index contributed by atoms with van der Waals surface area (Å²) in [4.78, 5) is 14.9. The third kappa shape index (κ3) is 4.79. The van der Waals surface area contributed by atoms with Gasteiger partial charge in [-0.05, 0) is 25.0 Å². The fourth-order valence-electron chi connectivity index (χ4n) is 3.55. The lowest BCUT2D eigenvalue weighted by Gasteiger charge is -2.26. The average Bonchev–Trinajstić information content (AvgIpc) is 3.12. The highest BCUT2D eigenvalue weighted by atomic mass is 16.5. The molecule has 0 bridgehead atoms. The van der Waals surface area contributed by atoms with Gasteiger partial charge in [0.15, 0.2) is 0 Å². The molecule has 1 aromatic carbocycles. The van der Waals surface area contributed by atoms with Gasteiger partial charge < -0.3 is 20.4 Å². The zero-order valence-electron chi connectivity index (χ0n) is 16.4. The molecule has 0 atom stereocenters. The molecule has 1 aliphatic heterocycles. The highest BCUT2D eigenvalue weighted by Gasteiger charge is 2.10. The minimum Gasteiger partial charge on any atom is -0.379 e. The summed E-state index contributed by atoms with van der Waals surface area (Å²) in [6.07, 6.45) is 3.00. The Hall–Kier alpha value is -2.64. The minimum atomic E-state index is 0.675. The van der Waals surface area contributed by atoms with Gasteiger partial charge in [-0.2, -0.15) is 4.98 Å². The summed E-state index contributed by atoms with van der Waals surface area (Å²) in [5, 5.41) is 8.07. The number of anilines is 2. The van der Waals surface area contributed by atoms with Crippen LogP contribution >= 0.6 is 0 Å². The number of aromatic amines is 1. The van der Waals surface area contributed by atoms with Crippen molar-refractivity contribution in [3.63, 3.8) is 0 Å². The van der Waals surface area contributed by atoms with E-state index < -0.39 is 0 Å². The van der Waals surface area contributed by atoms with Crippen LogP contribution in [0.25, 0.3) is 10.9 Å². The molecule has 0 amide bonds. The second-order valence-electron chi connectivity index (χ2n) is 7.14. The van der Waals surface area contributed by atoms with Crippen LogP contribution in [0.4, 0.5) is 11.8 Å². The lowest BCUT2D eigenvalue weighted by atomic mass is 10.1. The number of benzene rings is 1. The number of nitrogens with one attached hydrogen (secondary N) is 3. The fraction of sp³-hybridized carbons (Fsp3) is 0.429. The number of para-hydroxylation sites is 1. The van der Waals surface area contributed by atoms with Crippen LogP contribution in [-0.2, 0) is 11.2 Å². The van der Waals surface area contributed by atoms with Gasteiger partial charge in [-0.15, -0.1) is 0 Å². The molecule has 0 spiro atoms. The van der Waals surface area contributed by atoms with E-state index in [1.54, 1.807) is 0 Å². The molecule has 28 heavy (non-hydrogen) atoms. The second kappa shape index (κ2) is 9.03. The Bertz CT molecular complexity index is 903. The number of rotatable bonds is 8. The molecule has 1 saturated heterocycles. The number of morpholine rings is 1. The number of aromatic nitrogens is 3. The summed E-state index contributed by atoms with van der Waals surface area (Å²) >= 11 is 0. The Labute approximate surface area is 165 Å². The summed E-state index contributed by atoms with van der Waals surface area (Å²) in [7, 11) is 0. The Balaban J connectivity index is 1.29. The third-order valence-electron chi connectivity index (χ3n) is 5.04. The van der Waals surface area contributed by atoms with E-state index in [-0.39, 0.29) is 0 Å². The lowest BCUT2D eigenvalue weighted by molar-refractivity contribution is 0.0398. The van der Waals surface area contributed by atoms with Crippen molar-refractivity contribution in [2.45, 2.75) is 13.3 Å². The van der Waals surface area contributed by atoms with Gasteiger partial charge in [0.05, 0.1) is 13.2 Å². The third-order valence-corrected chi connectivity index (χ3v) is 5.04. The van der Waals surface area contributed by atoms with Gasteiger partial charge in [-0.3, -0.25) is 4.90 Å². The summed E-state index contributed by atoms with van der Waals surface area (Å²) in [5.41, 5.74) is 3.44. The van der Waals surface area contributed by atoms with Crippen molar-refractivity contribution in [3.8, 4) is 0 Å². The minimum absolute atomic E-state index is 0.675. The van der Waals surface area contributed by atoms with Crippen LogP contribution in [0.5, 0.6) is 0 Å². The summed E-state index contributed by atoms with van der Waals surface area (Å²) in [5.74, 6) is 1.55. The van der Waals surface area contributed by atoms with Gasteiger partial charge >= 0.3 is 0 Å². The molecule has 7 heteroatoms. The van der Waals surface area contributed by atoms with E-state index in [0.29, 0.717) is 5.95 Å². The first kappa shape index (κ1) is 18.7. The Morgan fingerprint density at radius 2 is 1.96 bits per heavy atom. The molecule has 0 unspecified atom stereocenters. The number of ether oxygens (including phenoxy) is 1. The standard InChI is InChI=1S/C21H28N6O/c1-16-14-20(22-8-9-27-10-12-28-13-11-27)26-21(25-16)23-7-6-17-15-24-19-5-3-2-4-18(17)19/h2-5,14-15,24H,6-13H2,1H3,(H2,22,23,25,26). The summed E-state index contributed by atoms with van der Waals surface area (Å²) in [6.45, 7) is 8.32. The van der Waals surface area contributed by atoms with Gasteiger partial charge in [-0.25, -0.2) is 4.98 Å². The largest absolute Gasteiger partial charge is 0.379 e. The van der Waals surface area contributed by atoms with Crippen LogP contribution in [0.15, 0.2) is 36.5 Å². The molecule has 148 valence electrons. The molecule has 1 fully saturated rings. The molecule has 0 radical (unpaired) electrons. The van der Waals surface area contributed by atoms with Crippen molar-refractivity contribution in [2.24, 2.45) is 0 Å². The maximum Gasteiger partial charge on any atom is 0.224 e. The van der Waals surface area contributed by atoms with Crippen molar-refractivity contribution < 1.29 is 4.74 Å². The van der Waals surface area contributed by atoms with Crippen molar-refractivity contribution in [1.82, 2.24) is 19.9 Å². The predicted octanol–water partition coefficient (Wildman–Crippen LogP) is 2.67. The summed E-state index contributed by atoms with van der Waals surface area (Å²) < 4.78 is 5.39. The lowest BCUT2D eigenvalue weighted by Crippen LogP contribution is -2.39. The average molecular weight is 380 g/mol. The Morgan fingerprint density at radius 1 is 1.11 bits per heavy atom. The molecule has 7 nitrogen and oxygen atoms in total. The summed E-state index contributed by atoms with van der Waals surface area (Å²) in [6, 6.07) is 10.4. The number of hydrogen-bond acceptors (Lipinski definition) is 6. The van der Waals surface area contributed by atoms with Crippen LogP contribution in [0.2, 0.25) is 0 Å². The van der Waals surface area contributed by atoms with Crippen LogP contribution in [0, 0.1) is 6.92 Å². The monoisotopic (exact) mass is 380 g/mol. The number of nitrogens with zero attached hydrogens (tertiary/aromatic N) is 3. The number of H-pyrrole nitrogens is 1. The number of aryl methyl sites for hydroxylation is 1. The fourth-order valence-corrected chi connectivity index (χ4v) is 3.55. The van der Waals surface area contributed by atoms with E-state index in [2.05, 4.69) is 60.9 Å². The molecular formula is C21H28N6O. The first-order valence-corrected chi connectivity index (χ1v) is 9.96. The Morgan fingerprint density at radius 3 is 2.86 bits per heavy atom. The van der Waals surface area contributed by atoms with E-state index in [1.807, 2.05) is 13.0 Å². The number of hydrogen-bond donors (Lipinski definition) is 3. The highest BCUT2D eigenvalue weighted by molar-refractivity contribution is 5.83. The van der Waals surface area contributed by atoms with Crippen LogP contribution < -0.4 is 10.6 Å². The van der Waals surface area contributed by atoms with Gasteiger partial charge in [0.25, 0.3) is 0 Å². The van der Waals surface area contributed by atoms with E-state index in [0.717, 1.165) is 63.9 Å². The second-order valence-corrected chi connectivity index (χ2v) is 7.14. The van der Waals surface area contributed by atoms with Crippen molar-refractivity contribution in [2.75, 3.05) is 56.6 Å². The molecule has 2 aromatic heterocycles. The normalized spacial score (nSPS) is 15.0. The Kier molecular flexibility index (Phi) is 6.04. The van der Waals surface area contributed by atoms with Crippen LogP contribution in [-0.4, -0.2) is 65.8 Å². The first-order valence-electron chi connectivity index (χ1n) is 9.96. The van der Waals surface area contributed by atoms with Crippen molar-refractivity contribution in [1.29, 1.82) is 0 Å².